The molecule has 3 nitrogen and oxygen atoms in total. The molecule has 0 rings (SSSR count). The molecule has 0 atom stereocenters. The Morgan fingerprint density at radius 1 is 1.10 bits per heavy atom. The number of nitrogens with zero attached hydrogens (tertiary/aromatic N) is 1. The molecule has 7 heteroatoms. The molecule has 0 bridgehead atoms. The molecule has 0 aliphatic heterocycles. The van der Waals surface area contributed by atoms with Crippen LogP contribution >= 0.6 is 33.8 Å². The highest BCUT2D eigenvalue weighted by atomic mass is 36.0. The van der Waals surface area contributed by atoms with Gasteiger partial charge in [0.25, 0.3) is 0 Å². The van der Waals surface area contributed by atoms with Gasteiger partial charge < -0.3 is 4.90 Å². The first-order chi connectivity index (χ1) is 3.73. The topological polar surface area (TPSA) is 37.4 Å². The molecular formula is C3H10Cl3NO2S. The summed E-state index contributed by atoms with van der Waals surface area (Å²) >= 11 is 0. The lowest BCUT2D eigenvalue weighted by Gasteiger charge is -1.90. The van der Waals surface area contributed by atoms with Crippen LogP contribution in [0.4, 0.5) is 0 Å². The Morgan fingerprint density at radius 3 is 1.10 bits per heavy atom. The molecule has 0 spiro atoms. The van der Waals surface area contributed by atoms with Crippen molar-refractivity contribution < 1.29 is 8.42 Å². The van der Waals surface area contributed by atoms with Gasteiger partial charge in [-0.2, -0.15) is 8.42 Å². The van der Waals surface area contributed by atoms with Crippen LogP contribution in [0.5, 0.6) is 0 Å². The van der Waals surface area contributed by atoms with Crippen molar-refractivity contribution in [3.63, 3.8) is 0 Å². The molecule has 0 amide bonds. The van der Waals surface area contributed by atoms with Crippen LogP contribution in [0.3, 0.4) is 0 Å². The number of hydrogen-bond donors (Lipinski definition) is 0. The molecule has 0 heterocycles. The van der Waals surface area contributed by atoms with Gasteiger partial charge in [-0.1, -0.05) is 0 Å². The number of halogens is 3. The summed E-state index contributed by atoms with van der Waals surface area (Å²) in [5.74, 6) is 0. The summed E-state index contributed by atoms with van der Waals surface area (Å²) in [6.07, 6.45) is 0. The fourth-order valence-corrected chi connectivity index (χ4v) is 0. The number of rotatable bonds is 0. The van der Waals surface area contributed by atoms with E-state index in [1.165, 1.54) is 0 Å². The van der Waals surface area contributed by atoms with Gasteiger partial charge in [-0.25, -0.2) is 0 Å². The zero-order chi connectivity index (χ0) is 8.08. The standard InChI is InChI=1S/C3H9N.Cl2O2S.ClH/c1-4(2)3;1-5(2,3)4;/h1-3H3;;1H. The monoisotopic (exact) mass is 229 g/mol. The molecule has 0 unspecified atom stereocenters. The normalized spacial score (nSPS) is 9.40. The Balaban J connectivity index is -0.0000000910. The molecule has 66 valence electrons. The van der Waals surface area contributed by atoms with Crippen molar-refractivity contribution >= 4 is 42.0 Å². The zero-order valence-corrected chi connectivity index (χ0v) is 8.98. The molecule has 0 aromatic heterocycles. The second-order valence-electron chi connectivity index (χ2n) is 1.72. The summed E-state index contributed by atoms with van der Waals surface area (Å²) < 4.78 is 18.3. The largest absolute Gasteiger partial charge is 0.317 e. The van der Waals surface area contributed by atoms with E-state index in [0.29, 0.717) is 0 Å². The lowest BCUT2D eigenvalue weighted by Crippen LogP contribution is -1.99. The maximum atomic E-state index is 9.16. The molecule has 0 radical (unpaired) electrons. The lowest BCUT2D eigenvalue weighted by atomic mass is 11.0. The molecule has 0 aliphatic carbocycles. The SMILES string of the molecule is CN(C)C.Cl.O=S(=O)(Cl)Cl. The van der Waals surface area contributed by atoms with Gasteiger partial charge in [-0.15, -0.1) is 12.4 Å². The molecule has 10 heavy (non-hydrogen) atoms. The second kappa shape index (κ2) is 7.88. The van der Waals surface area contributed by atoms with Crippen LogP contribution in [0.2, 0.25) is 0 Å². The van der Waals surface area contributed by atoms with Crippen molar-refractivity contribution in [2.75, 3.05) is 21.1 Å². The van der Waals surface area contributed by atoms with E-state index in [2.05, 4.69) is 21.4 Å². The average molecular weight is 231 g/mol. The molecule has 0 fully saturated rings. The minimum absolute atomic E-state index is 0. The first kappa shape index (κ1) is 17.0. The van der Waals surface area contributed by atoms with Crippen LogP contribution in [0.25, 0.3) is 0 Å². The molecule has 0 saturated carbocycles. The summed E-state index contributed by atoms with van der Waals surface area (Å²) in [7, 11) is 10.8. The minimum atomic E-state index is -3.72. The summed E-state index contributed by atoms with van der Waals surface area (Å²) in [5, 5.41) is 0. The predicted molar refractivity (Wildman–Crippen MR) is 47.5 cm³/mol. The Morgan fingerprint density at radius 2 is 1.10 bits per heavy atom. The Kier molecular flexibility index (Phi) is 13.4. The highest BCUT2D eigenvalue weighted by Crippen LogP contribution is 1.98. The van der Waals surface area contributed by atoms with E-state index < -0.39 is 8.26 Å². The first-order valence-corrected chi connectivity index (χ1v) is 5.12. The number of hydrogen-bond acceptors (Lipinski definition) is 3. The smallest absolute Gasteiger partial charge is 0.312 e. The van der Waals surface area contributed by atoms with Gasteiger partial charge in [-0.3, -0.25) is 0 Å². The molecule has 0 aliphatic rings. The van der Waals surface area contributed by atoms with Gasteiger partial charge in [0, 0.05) is 21.4 Å². The van der Waals surface area contributed by atoms with Crippen molar-refractivity contribution in [1.29, 1.82) is 0 Å². The van der Waals surface area contributed by atoms with E-state index in [-0.39, 0.29) is 12.4 Å². The highest BCUT2D eigenvalue weighted by Gasteiger charge is 1.88. The Labute approximate surface area is 76.6 Å². The van der Waals surface area contributed by atoms with E-state index in [0.717, 1.165) is 0 Å². The minimum Gasteiger partial charge on any atom is -0.312 e. The van der Waals surface area contributed by atoms with E-state index in [1.54, 1.807) is 0 Å². The maximum Gasteiger partial charge on any atom is 0.317 e. The van der Waals surface area contributed by atoms with Gasteiger partial charge in [0.2, 0.25) is 0 Å². The Hall–Kier alpha value is 0.780. The Bertz CT molecular complexity index is 133. The van der Waals surface area contributed by atoms with Crippen molar-refractivity contribution in [2.45, 2.75) is 0 Å². The average Bonchev–Trinajstić information content (AvgIpc) is 1.19. The van der Waals surface area contributed by atoms with E-state index in [1.807, 2.05) is 26.0 Å². The summed E-state index contributed by atoms with van der Waals surface area (Å²) in [4.78, 5) is 2.00. The molecule has 0 aromatic carbocycles. The third-order valence-corrected chi connectivity index (χ3v) is 0. The summed E-state index contributed by atoms with van der Waals surface area (Å²) in [5.41, 5.74) is 0. The quantitative estimate of drug-likeness (QED) is 0.589. The lowest BCUT2D eigenvalue weighted by molar-refractivity contribution is 0.505. The van der Waals surface area contributed by atoms with Gasteiger partial charge in [0.1, 0.15) is 0 Å². The van der Waals surface area contributed by atoms with Crippen molar-refractivity contribution in [3.05, 3.63) is 0 Å². The predicted octanol–water partition coefficient (Wildman–Crippen LogP) is 1.31. The van der Waals surface area contributed by atoms with Crippen LogP contribution in [0, 0.1) is 0 Å². The maximum absolute atomic E-state index is 9.16. The van der Waals surface area contributed by atoms with Gasteiger partial charge in [0.05, 0.1) is 0 Å². The van der Waals surface area contributed by atoms with Crippen molar-refractivity contribution in [1.82, 2.24) is 4.90 Å². The molecule has 0 aromatic rings. The summed E-state index contributed by atoms with van der Waals surface area (Å²) in [6, 6.07) is 0. The van der Waals surface area contributed by atoms with Crippen LogP contribution in [0.15, 0.2) is 0 Å². The third-order valence-electron chi connectivity index (χ3n) is 0. The third kappa shape index (κ3) is 874. The second-order valence-corrected chi connectivity index (χ2v) is 5.39. The molecular weight excluding hydrogens is 220 g/mol. The van der Waals surface area contributed by atoms with Gasteiger partial charge >= 0.3 is 8.26 Å². The zero-order valence-electron chi connectivity index (χ0n) is 5.84. The fourth-order valence-electron chi connectivity index (χ4n) is 0. The molecule has 0 saturated heterocycles. The van der Waals surface area contributed by atoms with Crippen LogP contribution < -0.4 is 0 Å². The van der Waals surface area contributed by atoms with Crippen LogP contribution in [0.1, 0.15) is 0 Å². The summed E-state index contributed by atoms with van der Waals surface area (Å²) in [6.45, 7) is 0. The van der Waals surface area contributed by atoms with Crippen molar-refractivity contribution in [2.24, 2.45) is 0 Å². The fraction of sp³-hybridized carbons (Fsp3) is 1.00. The highest BCUT2D eigenvalue weighted by molar-refractivity contribution is 8.31. The van der Waals surface area contributed by atoms with E-state index in [4.69, 9.17) is 8.42 Å². The molecule has 0 N–H and O–H groups in total. The van der Waals surface area contributed by atoms with Crippen molar-refractivity contribution in [3.8, 4) is 0 Å². The van der Waals surface area contributed by atoms with Gasteiger partial charge in [0.15, 0.2) is 0 Å². The first-order valence-electron chi connectivity index (χ1n) is 1.98. The van der Waals surface area contributed by atoms with E-state index >= 15 is 0 Å². The van der Waals surface area contributed by atoms with Crippen LogP contribution in [-0.4, -0.2) is 34.5 Å². The van der Waals surface area contributed by atoms with Crippen LogP contribution in [-0.2, 0) is 8.26 Å². The van der Waals surface area contributed by atoms with Gasteiger partial charge in [-0.05, 0) is 21.1 Å². The van der Waals surface area contributed by atoms with E-state index in [9.17, 15) is 0 Å².